The van der Waals surface area contributed by atoms with E-state index >= 15 is 0 Å². The molecule has 4 heteroatoms. The standard InChI is InChI=1S/C8H10N2O.ClH/c9-8-3-1-2-4-10(8)5-7-6-11-7;/h1-4,7,9H,5-6H2;1H. The number of nitrogens with two attached hydrogens (primary N) is 1. The van der Waals surface area contributed by atoms with Crippen LogP contribution < -0.4 is 22.7 Å². The van der Waals surface area contributed by atoms with Gasteiger partial charge < -0.3 is 17.1 Å². The van der Waals surface area contributed by atoms with Gasteiger partial charge in [0.05, 0.1) is 12.8 Å². The van der Waals surface area contributed by atoms with Gasteiger partial charge in [-0.05, 0) is 6.07 Å². The highest BCUT2D eigenvalue weighted by atomic mass is 35.5. The van der Waals surface area contributed by atoms with Crippen LogP contribution in [0.5, 0.6) is 0 Å². The van der Waals surface area contributed by atoms with Crippen molar-refractivity contribution in [1.29, 1.82) is 0 Å². The van der Waals surface area contributed by atoms with Gasteiger partial charge >= 0.3 is 0 Å². The molecule has 0 spiro atoms. The number of aromatic nitrogens is 1. The molecule has 0 radical (unpaired) electrons. The molecule has 1 aliphatic rings. The monoisotopic (exact) mass is 186 g/mol. The Morgan fingerprint density at radius 3 is 2.92 bits per heavy atom. The highest BCUT2D eigenvalue weighted by molar-refractivity contribution is 5.18. The van der Waals surface area contributed by atoms with Gasteiger partial charge in [-0.25, -0.2) is 4.57 Å². The van der Waals surface area contributed by atoms with Crippen LogP contribution in [0.4, 0.5) is 5.82 Å². The molecule has 1 aliphatic heterocycles. The third-order valence-electron chi connectivity index (χ3n) is 1.78. The van der Waals surface area contributed by atoms with Crippen molar-refractivity contribution >= 4 is 5.82 Å². The molecule has 0 aliphatic carbocycles. The van der Waals surface area contributed by atoms with Gasteiger partial charge in [0.15, 0.2) is 0 Å². The third kappa shape index (κ3) is 2.09. The van der Waals surface area contributed by atoms with Crippen LogP contribution in [0.15, 0.2) is 24.4 Å². The number of nitrogen functional groups attached to an aromatic ring is 1. The Bertz CT molecular complexity index is 263. The van der Waals surface area contributed by atoms with E-state index < -0.39 is 0 Å². The van der Waals surface area contributed by atoms with E-state index in [-0.39, 0.29) is 12.4 Å². The number of epoxide rings is 1. The maximum absolute atomic E-state index is 5.70. The van der Waals surface area contributed by atoms with Crippen molar-refractivity contribution in [2.45, 2.75) is 12.6 Å². The van der Waals surface area contributed by atoms with Crippen molar-refractivity contribution in [3.05, 3.63) is 24.4 Å². The van der Waals surface area contributed by atoms with Crippen molar-refractivity contribution in [2.75, 3.05) is 12.3 Å². The number of nitrogens with zero attached hydrogens (tertiary/aromatic N) is 1. The lowest BCUT2D eigenvalue weighted by molar-refractivity contribution is -0.684. The molecule has 0 aromatic carbocycles. The molecule has 66 valence electrons. The maximum atomic E-state index is 5.70. The SMILES string of the molecule is Nc1cccc[n+]1CC1CO1.[Cl-]. The molecule has 1 atom stereocenters. The minimum Gasteiger partial charge on any atom is -1.00 e. The number of hydrogen-bond donors (Lipinski definition) is 1. The second-order valence-electron chi connectivity index (χ2n) is 2.73. The predicted octanol–water partition coefficient (Wildman–Crippen LogP) is -3.04. The lowest BCUT2D eigenvalue weighted by Crippen LogP contribution is -3.00. The minimum atomic E-state index is 0. The largest absolute Gasteiger partial charge is 1.00 e. The van der Waals surface area contributed by atoms with Crippen LogP contribution in [0.2, 0.25) is 0 Å². The molecule has 0 bridgehead atoms. The lowest BCUT2D eigenvalue weighted by Gasteiger charge is -1.97. The Hall–Kier alpha value is -0.800. The first-order valence-corrected chi connectivity index (χ1v) is 3.72. The fourth-order valence-corrected chi connectivity index (χ4v) is 1.05. The second kappa shape index (κ2) is 3.74. The van der Waals surface area contributed by atoms with E-state index in [0.717, 1.165) is 19.0 Å². The Kier molecular flexibility index (Phi) is 2.89. The summed E-state index contributed by atoms with van der Waals surface area (Å²) >= 11 is 0. The highest BCUT2D eigenvalue weighted by Crippen LogP contribution is 2.08. The summed E-state index contributed by atoms with van der Waals surface area (Å²) in [7, 11) is 0. The zero-order valence-corrected chi connectivity index (χ0v) is 7.37. The van der Waals surface area contributed by atoms with Gasteiger partial charge in [-0.3, -0.25) is 5.73 Å². The molecular weight excluding hydrogens is 176 g/mol. The Labute approximate surface area is 77.6 Å². The van der Waals surface area contributed by atoms with Crippen LogP contribution in [-0.4, -0.2) is 12.7 Å². The van der Waals surface area contributed by atoms with Gasteiger partial charge in [0, 0.05) is 6.07 Å². The van der Waals surface area contributed by atoms with Crippen LogP contribution >= 0.6 is 0 Å². The summed E-state index contributed by atoms with van der Waals surface area (Å²) in [5.41, 5.74) is 5.70. The molecule has 1 fully saturated rings. The molecule has 3 nitrogen and oxygen atoms in total. The zero-order valence-electron chi connectivity index (χ0n) is 6.61. The summed E-state index contributed by atoms with van der Waals surface area (Å²) in [6.07, 6.45) is 2.36. The third-order valence-corrected chi connectivity index (χ3v) is 1.78. The van der Waals surface area contributed by atoms with E-state index in [0.29, 0.717) is 6.10 Å². The Balaban J connectivity index is 0.000000720. The average Bonchev–Trinajstić information content (AvgIpc) is 2.78. The van der Waals surface area contributed by atoms with Crippen molar-refractivity contribution in [3.8, 4) is 0 Å². The molecule has 2 heterocycles. The molecule has 0 amide bonds. The summed E-state index contributed by atoms with van der Waals surface area (Å²) < 4.78 is 7.09. The van der Waals surface area contributed by atoms with Crippen LogP contribution in [-0.2, 0) is 11.3 Å². The van der Waals surface area contributed by atoms with Crippen LogP contribution in [0.25, 0.3) is 0 Å². The number of ether oxygens (including phenoxy) is 1. The molecule has 1 aromatic heterocycles. The van der Waals surface area contributed by atoms with E-state index in [2.05, 4.69) is 0 Å². The van der Waals surface area contributed by atoms with E-state index in [1.165, 1.54) is 0 Å². The Morgan fingerprint density at radius 1 is 1.58 bits per heavy atom. The van der Waals surface area contributed by atoms with Crippen molar-refractivity contribution in [2.24, 2.45) is 0 Å². The summed E-state index contributed by atoms with van der Waals surface area (Å²) in [5.74, 6) is 0.794. The summed E-state index contributed by atoms with van der Waals surface area (Å²) in [4.78, 5) is 0. The summed E-state index contributed by atoms with van der Waals surface area (Å²) in [6.45, 7) is 1.76. The zero-order chi connectivity index (χ0) is 7.68. The normalized spacial score (nSPS) is 19.8. The van der Waals surface area contributed by atoms with Gasteiger partial charge in [0.2, 0.25) is 0 Å². The van der Waals surface area contributed by atoms with E-state index in [1.807, 2.05) is 29.0 Å². The first-order valence-electron chi connectivity index (χ1n) is 3.72. The number of hydrogen-bond acceptors (Lipinski definition) is 2. The maximum Gasteiger partial charge on any atom is 0.272 e. The van der Waals surface area contributed by atoms with Crippen molar-refractivity contribution in [3.63, 3.8) is 0 Å². The highest BCUT2D eigenvalue weighted by Gasteiger charge is 2.25. The van der Waals surface area contributed by atoms with Gasteiger partial charge in [-0.2, -0.15) is 0 Å². The van der Waals surface area contributed by atoms with Crippen molar-refractivity contribution in [1.82, 2.24) is 0 Å². The van der Waals surface area contributed by atoms with Crippen LogP contribution in [0.1, 0.15) is 0 Å². The molecule has 0 saturated carbocycles. The molecule has 1 unspecified atom stereocenters. The van der Waals surface area contributed by atoms with E-state index in [9.17, 15) is 0 Å². The van der Waals surface area contributed by atoms with Gasteiger partial charge in [-0.1, -0.05) is 6.07 Å². The average molecular weight is 187 g/mol. The molecule has 1 saturated heterocycles. The number of pyridine rings is 1. The fraction of sp³-hybridized carbons (Fsp3) is 0.375. The molecule has 2 N–H and O–H groups in total. The van der Waals surface area contributed by atoms with Gasteiger partial charge in [0.25, 0.3) is 5.82 Å². The molecule has 2 rings (SSSR count). The molecular formula is C8H11ClN2O. The summed E-state index contributed by atoms with van der Waals surface area (Å²) in [6, 6.07) is 5.79. The Morgan fingerprint density at radius 2 is 2.33 bits per heavy atom. The number of anilines is 1. The first-order chi connectivity index (χ1) is 5.36. The molecule has 1 aromatic rings. The van der Waals surface area contributed by atoms with Crippen molar-refractivity contribution < 1.29 is 21.7 Å². The molecule has 12 heavy (non-hydrogen) atoms. The lowest BCUT2D eigenvalue weighted by atomic mass is 10.4. The quantitative estimate of drug-likeness (QED) is 0.394. The number of halogens is 1. The number of rotatable bonds is 2. The second-order valence-corrected chi connectivity index (χ2v) is 2.73. The van der Waals surface area contributed by atoms with E-state index in [4.69, 9.17) is 10.5 Å². The topological polar surface area (TPSA) is 42.4 Å². The van der Waals surface area contributed by atoms with E-state index in [1.54, 1.807) is 0 Å². The summed E-state index contributed by atoms with van der Waals surface area (Å²) in [5, 5.41) is 0. The van der Waals surface area contributed by atoms with Gasteiger partial charge in [-0.15, -0.1) is 0 Å². The smallest absolute Gasteiger partial charge is 0.272 e. The fourth-order valence-electron chi connectivity index (χ4n) is 1.05. The minimum absolute atomic E-state index is 0. The first kappa shape index (κ1) is 9.29. The predicted molar refractivity (Wildman–Crippen MR) is 40.8 cm³/mol. The van der Waals surface area contributed by atoms with Crippen LogP contribution in [0.3, 0.4) is 0 Å². The van der Waals surface area contributed by atoms with Gasteiger partial charge in [0.1, 0.15) is 12.6 Å². The van der Waals surface area contributed by atoms with Crippen LogP contribution in [0, 0.1) is 0 Å².